The van der Waals surface area contributed by atoms with Gasteiger partial charge in [-0.2, -0.15) is 0 Å². The van der Waals surface area contributed by atoms with Crippen LogP contribution in [-0.4, -0.2) is 49.1 Å². The minimum absolute atomic E-state index is 0.0495. The summed E-state index contributed by atoms with van der Waals surface area (Å²) in [6.07, 6.45) is 2.75. The van der Waals surface area contributed by atoms with Crippen molar-refractivity contribution in [1.29, 1.82) is 0 Å². The predicted molar refractivity (Wildman–Crippen MR) is 64.2 cm³/mol. The SMILES string of the molecule is CN(C)C(=O)c1ccc(OC2CCNC2)nc1. The summed E-state index contributed by atoms with van der Waals surface area (Å²) in [7, 11) is 3.44. The fourth-order valence-electron chi connectivity index (χ4n) is 1.73. The van der Waals surface area contributed by atoms with E-state index in [0.29, 0.717) is 11.4 Å². The van der Waals surface area contributed by atoms with E-state index in [4.69, 9.17) is 4.74 Å². The molecule has 1 fully saturated rings. The van der Waals surface area contributed by atoms with Gasteiger partial charge in [0.25, 0.3) is 5.91 Å². The van der Waals surface area contributed by atoms with Gasteiger partial charge in [0.15, 0.2) is 0 Å². The second kappa shape index (κ2) is 5.14. The second-order valence-electron chi connectivity index (χ2n) is 4.32. The molecule has 5 heteroatoms. The quantitative estimate of drug-likeness (QED) is 0.830. The topological polar surface area (TPSA) is 54.5 Å². The van der Waals surface area contributed by atoms with Crippen molar-refractivity contribution in [1.82, 2.24) is 15.2 Å². The Hall–Kier alpha value is -1.62. The van der Waals surface area contributed by atoms with E-state index in [9.17, 15) is 4.79 Å². The molecule has 0 bridgehead atoms. The summed E-state index contributed by atoms with van der Waals surface area (Å²) in [6.45, 7) is 1.85. The van der Waals surface area contributed by atoms with E-state index in [0.717, 1.165) is 19.5 Å². The highest BCUT2D eigenvalue weighted by molar-refractivity contribution is 5.93. The van der Waals surface area contributed by atoms with Gasteiger partial charge in [-0.3, -0.25) is 4.79 Å². The Bertz CT molecular complexity index is 383. The van der Waals surface area contributed by atoms with Crippen LogP contribution < -0.4 is 10.1 Å². The summed E-state index contributed by atoms with van der Waals surface area (Å²) in [4.78, 5) is 17.3. The molecule has 0 saturated carbocycles. The van der Waals surface area contributed by atoms with Gasteiger partial charge in [0.1, 0.15) is 6.10 Å². The van der Waals surface area contributed by atoms with Crippen molar-refractivity contribution in [3.05, 3.63) is 23.9 Å². The lowest BCUT2D eigenvalue weighted by Gasteiger charge is -2.12. The molecule has 1 aliphatic heterocycles. The van der Waals surface area contributed by atoms with Gasteiger partial charge in [-0.1, -0.05) is 0 Å². The van der Waals surface area contributed by atoms with Crippen molar-refractivity contribution in [3.63, 3.8) is 0 Å². The molecule has 1 aromatic rings. The van der Waals surface area contributed by atoms with Crippen molar-refractivity contribution in [2.24, 2.45) is 0 Å². The largest absolute Gasteiger partial charge is 0.473 e. The van der Waals surface area contributed by atoms with E-state index < -0.39 is 0 Å². The number of nitrogens with one attached hydrogen (secondary N) is 1. The standard InChI is InChI=1S/C12H17N3O2/c1-15(2)12(16)9-3-4-11(14-7-9)17-10-5-6-13-8-10/h3-4,7,10,13H,5-6,8H2,1-2H3. The summed E-state index contributed by atoms with van der Waals surface area (Å²) in [5, 5.41) is 3.22. The van der Waals surface area contributed by atoms with E-state index in [1.165, 1.54) is 4.90 Å². The number of hydrogen-bond acceptors (Lipinski definition) is 4. The molecule has 0 aromatic carbocycles. The first-order chi connectivity index (χ1) is 8.16. The van der Waals surface area contributed by atoms with Gasteiger partial charge in [0.05, 0.1) is 5.56 Å². The number of carbonyl (C=O) groups excluding carboxylic acids is 1. The number of hydrogen-bond donors (Lipinski definition) is 1. The summed E-state index contributed by atoms with van der Waals surface area (Å²) in [5.74, 6) is 0.528. The van der Waals surface area contributed by atoms with Crippen LogP contribution in [0.4, 0.5) is 0 Å². The maximum absolute atomic E-state index is 11.6. The summed E-state index contributed by atoms with van der Waals surface area (Å²) < 4.78 is 5.67. The molecule has 0 radical (unpaired) electrons. The predicted octanol–water partition coefficient (Wildman–Crippen LogP) is 0.524. The van der Waals surface area contributed by atoms with Crippen LogP contribution >= 0.6 is 0 Å². The minimum atomic E-state index is -0.0495. The number of ether oxygens (including phenoxy) is 1. The molecule has 1 N–H and O–H groups in total. The summed E-state index contributed by atoms with van der Waals surface area (Å²) >= 11 is 0. The van der Waals surface area contributed by atoms with Crippen LogP contribution in [0.3, 0.4) is 0 Å². The first-order valence-electron chi connectivity index (χ1n) is 5.72. The molecular weight excluding hydrogens is 218 g/mol. The Labute approximate surface area is 101 Å². The maximum Gasteiger partial charge on any atom is 0.254 e. The van der Waals surface area contributed by atoms with Gasteiger partial charge < -0.3 is 15.0 Å². The van der Waals surface area contributed by atoms with E-state index >= 15 is 0 Å². The molecule has 1 atom stereocenters. The van der Waals surface area contributed by atoms with Crippen LogP contribution in [0.1, 0.15) is 16.8 Å². The molecule has 92 valence electrons. The highest BCUT2D eigenvalue weighted by atomic mass is 16.5. The zero-order chi connectivity index (χ0) is 12.3. The van der Waals surface area contributed by atoms with Crippen LogP contribution in [0.5, 0.6) is 5.88 Å². The third kappa shape index (κ3) is 2.94. The lowest BCUT2D eigenvalue weighted by Crippen LogP contribution is -2.22. The van der Waals surface area contributed by atoms with Crippen molar-refractivity contribution < 1.29 is 9.53 Å². The van der Waals surface area contributed by atoms with Gasteiger partial charge in [0, 0.05) is 32.9 Å². The minimum Gasteiger partial charge on any atom is -0.473 e. The Morgan fingerprint density at radius 3 is 2.88 bits per heavy atom. The average Bonchev–Trinajstić information content (AvgIpc) is 2.82. The number of pyridine rings is 1. The van der Waals surface area contributed by atoms with Crippen LogP contribution in [0, 0.1) is 0 Å². The van der Waals surface area contributed by atoms with Gasteiger partial charge >= 0.3 is 0 Å². The van der Waals surface area contributed by atoms with E-state index in [1.54, 1.807) is 32.4 Å². The normalized spacial score (nSPS) is 19.1. The Kier molecular flexibility index (Phi) is 3.58. The van der Waals surface area contributed by atoms with Gasteiger partial charge in [0.2, 0.25) is 5.88 Å². The van der Waals surface area contributed by atoms with E-state index in [2.05, 4.69) is 10.3 Å². The van der Waals surface area contributed by atoms with Crippen molar-refractivity contribution in [2.45, 2.75) is 12.5 Å². The number of carbonyl (C=O) groups is 1. The summed E-state index contributed by atoms with van der Waals surface area (Å²) in [5.41, 5.74) is 0.576. The van der Waals surface area contributed by atoms with Crippen molar-refractivity contribution in [2.75, 3.05) is 27.2 Å². The highest BCUT2D eigenvalue weighted by Crippen LogP contribution is 2.13. The molecule has 1 aliphatic rings. The first-order valence-corrected chi connectivity index (χ1v) is 5.72. The van der Waals surface area contributed by atoms with Crippen LogP contribution in [-0.2, 0) is 0 Å². The van der Waals surface area contributed by atoms with Crippen LogP contribution in [0.2, 0.25) is 0 Å². The average molecular weight is 235 g/mol. The number of rotatable bonds is 3. The molecule has 1 aromatic heterocycles. The molecule has 1 saturated heterocycles. The first kappa shape index (κ1) is 11.9. The van der Waals surface area contributed by atoms with Crippen LogP contribution in [0.25, 0.3) is 0 Å². The third-order valence-corrected chi connectivity index (χ3v) is 2.69. The molecular formula is C12H17N3O2. The lowest BCUT2D eigenvalue weighted by atomic mass is 10.2. The van der Waals surface area contributed by atoms with Crippen molar-refractivity contribution >= 4 is 5.91 Å². The third-order valence-electron chi connectivity index (χ3n) is 2.69. The molecule has 2 heterocycles. The Balaban J connectivity index is 1.99. The highest BCUT2D eigenvalue weighted by Gasteiger charge is 2.16. The van der Waals surface area contributed by atoms with E-state index in [-0.39, 0.29) is 12.0 Å². The van der Waals surface area contributed by atoms with Gasteiger partial charge in [-0.05, 0) is 19.0 Å². The van der Waals surface area contributed by atoms with Crippen molar-refractivity contribution in [3.8, 4) is 5.88 Å². The molecule has 0 aliphatic carbocycles. The number of aromatic nitrogens is 1. The lowest BCUT2D eigenvalue weighted by molar-refractivity contribution is 0.0827. The smallest absolute Gasteiger partial charge is 0.254 e. The zero-order valence-corrected chi connectivity index (χ0v) is 10.1. The van der Waals surface area contributed by atoms with E-state index in [1.807, 2.05) is 0 Å². The second-order valence-corrected chi connectivity index (χ2v) is 4.32. The Morgan fingerprint density at radius 2 is 2.35 bits per heavy atom. The number of nitrogens with zero attached hydrogens (tertiary/aromatic N) is 2. The molecule has 1 unspecified atom stereocenters. The molecule has 0 spiro atoms. The fraction of sp³-hybridized carbons (Fsp3) is 0.500. The fourth-order valence-corrected chi connectivity index (χ4v) is 1.73. The monoisotopic (exact) mass is 235 g/mol. The molecule has 17 heavy (non-hydrogen) atoms. The molecule has 1 amide bonds. The van der Waals surface area contributed by atoms with Gasteiger partial charge in [-0.25, -0.2) is 4.98 Å². The number of amides is 1. The Morgan fingerprint density at radius 1 is 1.53 bits per heavy atom. The summed E-state index contributed by atoms with van der Waals surface area (Å²) in [6, 6.07) is 3.49. The zero-order valence-electron chi connectivity index (χ0n) is 10.1. The van der Waals surface area contributed by atoms with Gasteiger partial charge in [-0.15, -0.1) is 0 Å². The molecule has 2 rings (SSSR count). The maximum atomic E-state index is 11.6. The van der Waals surface area contributed by atoms with Crippen LogP contribution in [0.15, 0.2) is 18.3 Å². The molecule has 5 nitrogen and oxygen atoms in total.